The molecule has 23 heavy (non-hydrogen) atoms. The molecule has 5 nitrogen and oxygen atoms in total. The third-order valence-corrected chi connectivity index (χ3v) is 4.91. The molecule has 1 saturated carbocycles. The fraction of sp³-hybridized carbons (Fsp3) is 0.353. The summed E-state index contributed by atoms with van der Waals surface area (Å²) in [5, 5.41) is 25.7. The Labute approximate surface area is 139 Å². The fourth-order valence-electron chi connectivity index (χ4n) is 3.08. The van der Waals surface area contributed by atoms with Gasteiger partial charge in [-0.05, 0) is 43.0 Å². The van der Waals surface area contributed by atoms with Gasteiger partial charge in [-0.2, -0.15) is 10.4 Å². The van der Waals surface area contributed by atoms with Crippen molar-refractivity contribution in [2.45, 2.75) is 31.9 Å². The van der Waals surface area contributed by atoms with Gasteiger partial charge in [0.05, 0.1) is 18.0 Å². The maximum absolute atomic E-state index is 11.4. The Balaban J connectivity index is 2.01. The van der Waals surface area contributed by atoms with E-state index in [0.29, 0.717) is 17.9 Å². The molecule has 1 fully saturated rings. The van der Waals surface area contributed by atoms with E-state index < -0.39 is 11.0 Å². The van der Waals surface area contributed by atoms with Crippen LogP contribution in [0.5, 0.6) is 0 Å². The highest BCUT2D eigenvalue weighted by Gasteiger charge is 2.54. The van der Waals surface area contributed by atoms with Gasteiger partial charge in [-0.15, -0.1) is 0 Å². The Morgan fingerprint density at radius 2 is 2.17 bits per heavy atom. The van der Waals surface area contributed by atoms with Crippen molar-refractivity contribution in [3.63, 3.8) is 0 Å². The zero-order valence-electron chi connectivity index (χ0n) is 12.8. The SMILES string of the molecule is CC1(C#N)CCC(=Cc2ccc(Cl)cc2)C1(O)Cn1cncn1. The van der Waals surface area contributed by atoms with Crippen LogP contribution in [0.1, 0.15) is 25.3 Å². The van der Waals surface area contributed by atoms with Crippen LogP contribution in [0, 0.1) is 16.7 Å². The maximum atomic E-state index is 11.4. The molecule has 1 aliphatic carbocycles. The van der Waals surface area contributed by atoms with Crippen molar-refractivity contribution >= 4 is 17.7 Å². The third kappa shape index (κ3) is 2.76. The molecule has 3 rings (SSSR count). The molecule has 1 aliphatic rings. The molecule has 0 aliphatic heterocycles. The summed E-state index contributed by atoms with van der Waals surface area (Å²) in [5.41, 5.74) is -0.366. The highest BCUT2D eigenvalue weighted by Crippen LogP contribution is 2.50. The predicted octanol–water partition coefficient (Wildman–Crippen LogP) is 3.07. The van der Waals surface area contributed by atoms with Crippen LogP contribution in [0.15, 0.2) is 42.5 Å². The summed E-state index contributed by atoms with van der Waals surface area (Å²) in [5.74, 6) is 0. The Morgan fingerprint density at radius 1 is 1.43 bits per heavy atom. The molecular formula is C17H17ClN4O. The molecule has 118 valence electrons. The molecule has 1 N–H and O–H groups in total. The summed E-state index contributed by atoms with van der Waals surface area (Å²) in [6.07, 6.45) is 6.18. The number of benzene rings is 1. The number of nitriles is 1. The van der Waals surface area contributed by atoms with Crippen molar-refractivity contribution in [2.24, 2.45) is 5.41 Å². The highest BCUT2D eigenvalue weighted by molar-refractivity contribution is 6.30. The second kappa shape index (κ2) is 5.80. The quantitative estimate of drug-likeness (QED) is 0.939. The van der Waals surface area contributed by atoms with Crippen LogP contribution in [-0.4, -0.2) is 25.5 Å². The zero-order valence-corrected chi connectivity index (χ0v) is 13.5. The van der Waals surface area contributed by atoms with E-state index >= 15 is 0 Å². The number of hydrogen-bond acceptors (Lipinski definition) is 4. The lowest BCUT2D eigenvalue weighted by Crippen LogP contribution is -2.46. The van der Waals surface area contributed by atoms with E-state index in [1.54, 1.807) is 17.9 Å². The van der Waals surface area contributed by atoms with Crippen LogP contribution in [0.25, 0.3) is 6.08 Å². The van der Waals surface area contributed by atoms with Gasteiger partial charge in [0.1, 0.15) is 18.3 Å². The van der Waals surface area contributed by atoms with Crippen LogP contribution in [0.2, 0.25) is 5.02 Å². The van der Waals surface area contributed by atoms with Gasteiger partial charge in [-0.3, -0.25) is 0 Å². The Bertz CT molecular complexity index is 763. The summed E-state index contributed by atoms with van der Waals surface area (Å²) in [4.78, 5) is 3.91. The first-order chi connectivity index (χ1) is 11.0. The summed E-state index contributed by atoms with van der Waals surface area (Å²) in [6.45, 7) is 2.00. The van der Waals surface area contributed by atoms with Gasteiger partial charge >= 0.3 is 0 Å². The molecule has 0 amide bonds. The van der Waals surface area contributed by atoms with E-state index in [4.69, 9.17) is 11.6 Å². The average Bonchev–Trinajstić information content (AvgIpc) is 3.12. The summed E-state index contributed by atoms with van der Waals surface area (Å²) in [6, 6.07) is 9.70. The maximum Gasteiger partial charge on any atom is 0.137 e. The standard InChI is InChI=1S/C17H17ClN4O/c1-16(9-19)7-6-14(8-13-2-4-15(18)5-3-13)17(16,23)10-22-12-20-11-21-22/h2-5,8,11-12,23H,6-7,10H2,1H3. The number of nitrogens with zero attached hydrogens (tertiary/aromatic N) is 4. The molecular weight excluding hydrogens is 312 g/mol. The lowest BCUT2D eigenvalue weighted by Gasteiger charge is -2.35. The van der Waals surface area contributed by atoms with E-state index in [9.17, 15) is 10.4 Å². The molecule has 1 aromatic heterocycles. The van der Waals surface area contributed by atoms with E-state index in [2.05, 4.69) is 16.2 Å². The molecule has 0 saturated heterocycles. The Hall–Kier alpha value is -2.16. The second-order valence-electron chi connectivity index (χ2n) is 6.12. The Morgan fingerprint density at radius 3 is 2.78 bits per heavy atom. The summed E-state index contributed by atoms with van der Waals surface area (Å²) >= 11 is 5.92. The van der Waals surface area contributed by atoms with Crippen molar-refractivity contribution < 1.29 is 5.11 Å². The smallest absolute Gasteiger partial charge is 0.137 e. The number of aromatic nitrogens is 3. The second-order valence-corrected chi connectivity index (χ2v) is 6.55. The van der Waals surface area contributed by atoms with Crippen molar-refractivity contribution in [1.82, 2.24) is 14.8 Å². The van der Waals surface area contributed by atoms with Gasteiger partial charge in [-0.25, -0.2) is 9.67 Å². The molecule has 1 aromatic carbocycles. The van der Waals surface area contributed by atoms with Gasteiger partial charge in [0, 0.05) is 5.02 Å². The van der Waals surface area contributed by atoms with Crippen molar-refractivity contribution in [2.75, 3.05) is 0 Å². The highest BCUT2D eigenvalue weighted by atomic mass is 35.5. The minimum atomic E-state index is -1.28. The third-order valence-electron chi connectivity index (χ3n) is 4.65. The van der Waals surface area contributed by atoms with Gasteiger partial charge in [0.15, 0.2) is 0 Å². The molecule has 6 heteroatoms. The fourth-order valence-corrected chi connectivity index (χ4v) is 3.20. The van der Waals surface area contributed by atoms with Crippen molar-refractivity contribution in [1.29, 1.82) is 5.26 Å². The lowest BCUT2D eigenvalue weighted by molar-refractivity contribution is -0.0102. The topological polar surface area (TPSA) is 74.7 Å². The van der Waals surface area contributed by atoms with Gasteiger partial charge in [0.2, 0.25) is 0 Å². The average molecular weight is 329 g/mol. The van der Waals surface area contributed by atoms with Crippen LogP contribution < -0.4 is 0 Å². The first kappa shape index (κ1) is 15.7. The number of rotatable bonds is 3. The molecule has 2 unspecified atom stereocenters. The number of halogens is 1. The minimum absolute atomic E-state index is 0.205. The summed E-state index contributed by atoms with van der Waals surface area (Å²) < 4.78 is 1.57. The van der Waals surface area contributed by atoms with Crippen molar-refractivity contribution in [3.05, 3.63) is 53.1 Å². The van der Waals surface area contributed by atoms with E-state index in [-0.39, 0.29) is 6.54 Å². The molecule has 0 bridgehead atoms. The van der Waals surface area contributed by atoms with Gasteiger partial charge in [0.25, 0.3) is 0 Å². The molecule has 0 spiro atoms. The molecule has 1 heterocycles. The molecule has 0 radical (unpaired) electrons. The van der Waals surface area contributed by atoms with E-state index in [1.165, 1.54) is 6.33 Å². The van der Waals surface area contributed by atoms with Crippen LogP contribution in [0.4, 0.5) is 0 Å². The summed E-state index contributed by atoms with van der Waals surface area (Å²) in [7, 11) is 0. The lowest BCUT2D eigenvalue weighted by atomic mass is 9.75. The van der Waals surface area contributed by atoms with Gasteiger partial charge < -0.3 is 5.11 Å². The predicted molar refractivity (Wildman–Crippen MR) is 87.4 cm³/mol. The van der Waals surface area contributed by atoms with Gasteiger partial charge in [-0.1, -0.05) is 29.8 Å². The van der Waals surface area contributed by atoms with Crippen LogP contribution in [-0.2, 0) is 6.54 Å². The number of aliphatic hydroxyl groups is 1. The van der Waals surface area contributed by atoms with Crippen LogP contribution >= 0.6 is 11.6 Å². The number of hydrogen-bond donors (Lipinski definition) is 1. The van der Waals surface area contributed by atoms with E-state index in [0.717, 1.165) is 11.1 Å². The Kier molecular flexibility index (Phi) is 3.97. The van der Waals surface area contributed by atoms with E-state index in [1.807, 2.05) is 30.3 Å². The van der Waals surface area contributed by atoms with Crippen molar-refractivity contribution in [3.8, 4) is 6.07 Å². The first-order valence-corrected chi connectivity index (χ1v) is 7.77. The first-order valence-electron chi connectivity index (χ1n) is 7.39. The zero-order chi connectivity index (χ0) is 16.5. The normalized spacial score (nSPS) is 28.9. The molecule has 2 aromatic rings. The largest absolute Gasteiger partial charge is 0.382 e. The van der Waals surface area contributed by atoms with Crippen LogP contribution in [0.3, 0.4) is 0 Å². The molecule has 2 atom stereocenters. The minimum Gasteiger partial charge on any atom is -0.382 e. The monoisotopic (exact) mass is 328 g/mol.